The topological polar surface area (TPSA) is 49.8 Å². The molecule has 0 aromatic heterocycles. The zero-order chi connectivity index (χ0) is 10.8. The molecule has 1 heterocycles. The maximum absolute atomic E-state index is 11.5. The molecule has 14 heavy (non-hydrogen) atoms. The smallest absolute Gasteiger partial charge is 0.412 e. The summed E-state index contributed by atoms with van der Waals surface area (Å²) >= 11 is 0. The van der Waals surface area contributed by atoms with Crippen molar-refractivity contribution in [1.29, 1.82) is 0 Å². The first kappa shape index (κ1) is 11.0. The van der Waals surface area contributed by atoms with Gasteiger partial charge in [-0.25, -0.2) is 4.79 Å². The predicted octanol–water partition coefficient (Wildman–Crippen LogP) is 1.50. The van der Waals surface area contributed by atoms with Gasteiger partial charge in [-0.3, -0.25) is 4.90 Å². The molecule has 0 spiro atoms. The van der Waals surface area contributed by atoms with Crippen molar-refractivity contribution in [3.05, 3.63) is 12.2 Å². The highest BCUT2D eigenvalue weighted by molar-refractivity contribution is 5.68. The Hall–Kier alpha value is -1.03. The summed E-state index contributed by atoms with van der Waals surface area (Å²) in [5, 5.41) is 9.51. The number of carbonyl (C=O) groups excluding carboxylic acids is 1. The number of aliphatic hydroxyl groups is 1. The summed E-state index contributed by atoms with van der Waals surface area (Å²) in [6.07, 6.45) is 2.95. The first-order valence-electron chi connectivity index (χ1n) is 4.73. The highest BCUT2D eigenvalue weighted by Crippen LogP contribution is 2.14. The summed E-state index contributed by atoms with van der Waals surface area (Å²) in [5.41, 5.74) is -0.516. The van der Waals surface area contributed by atoms with Gasteiger partial charge in [-0.05, 0) is 20.8 Å². The van der Waals surface area contributed by atoms with E-state index < -0.39 is 17.9 Å². The van der Waals surface area contributed by atoms with Gasteiger partial charge < -0.3 is 9.84 Å². The van der Waals surface area contributed by atoms with Crippen LogP contribution in [0, 0.1) is 0 Å². The van der Waals surface area contributed by atoms with E-state index >= 15 is 0 Å². The van der Waals surface area contributed by atoms with Crippen LogP contribution in [0.4, 0.5) is 4.79 Å². The second-order valence-corrected chi connectivity index (χ2v) is 4.32. The number of ether oxygens (including phenoxy) is 1. The van der Waals surface area contributed by atoms with Crippen molar-refractivity contribution in [2.24, 2.45) is 0 Å². The van der Waals surface area contributed by atoms with Crippen LogP contribution in [0.15, 0.2) is 12.2 Å². The molecule has 0 aliphatic carbocycles. The third-order valence-corrected chi connectivity index (χ3v) is 1.80. The van der Waals surface area contributed by atoms with Crippen molar-refractivity contribution < 1.29 is 14.6 Å². The zero-order valence-corrected chi connectivity index (χ0v) is 8.86. The quantitative estimate of drug-likeness (QED) is 0.601. The Labute approximate surface area is 84.2 Å². The van der Waals surface area contributed by atoms with Gasteiger partial charge in [0.1, 0.15) is 11.8 Å². The second-order valence-electron chi connectivity index (χ2n) is 4.32. The fourth-order valence-corrected chi connectivity index (χ4v) is 1.17. The molecule has 1 unspecified atom stereocenters. The molecule has 80 valence electrons. The largest absolute Gasteiger partial charge is 0.444 e. The fourth-order valence-electron chi connectivity index (χ4n) is 1.17. The Balaban J connectivity index is 2.56. The van der Waals surface area contributed by atoms with Gasteiger partial charge in [0.2, 0.25) is 0 Å². The lowest BCUT2D eigenvalue weighted by atomic mass is 10.2. The molecule has 1 atom stereocenters. The molecule has 0 bridgehead atoms. The first-order valence-corrected chi connectivity index (χ1v) is 4.73. The minimum Gasteiger partial charge on any atom is -0.444 e. The summed E-state index contributed by atoms with van der Waals surface area (Å²) in [6.45, 7) is 5.82. The average molecular weight is 199 g/mol. The van der Waals surface area contributed by atoms with E-state index in [9.17, 15) is 9.90 Å². The Morgan fingerprint density at radius 1 is 1.50 bits per heavy atom. The van der Waals surface area contributed by atoms with Crippen LogP contribution in [0.25, 0.3) is 0 Å². The Morgan fingerprint density at radius 3 is 2.64 bits per heavy atom. The number of amides is 1. The number of nitrogens with zero attached hydrogens (tertiary/aromatic N) is 1. The summed E-state index contributed by atoms with van der Waals surface area (Å²) in [4.78, 5) is 12.8. The van der Waals surface area contributed by atoms with E-state index in [1.54, 1.807) is 20.8 Å². The summed E-state index contributed by atoms with van der Waals surface area (Å²) in [6, 6.07) is 0. The first-order chi connectivity index (χ1) is 6.40. The van der Waals surface area contributed by atoms with Crippen LogP contribution in [0.3, 0.4) is 0 Å². The van der Waals surface area contributed by atoms with Gasteiger partial charge in [0, 0.05) is 13.0 Å². The molecule has 0 radical (unpaired) electrons. The SMILES string of the molecule is CC(C)(C)OC(=O)N1CC=CCC1O. The van der Waals surface area contributed by atoms with Gasteiger partial charge in [0.05, 0.1) is 0 Å². The molecule has 0 aromatic carbocycles. The number of hydrogen-bond donors (Lipinski definition) is 1. The Morgan fingerprint density at radius 2 is 2.14 bits per heavy atom. The summed E-state index contributed by atoms with van der Waals surface area (Å²) in [7, 11) is 0. The molecular formula is C10H17NO3. The number of hydrogen-bond acceptors (Lipinski definition) is 3. The second kappa shape index (κ2) is 4.00. The molecular weight excluding hydrogens is 182 g/mol. The van der Waals surface area contributed by atoms with Crippen LogP contribution >= 0.6 is 0 Å². The van der Waals surface area contributed by atoms with Crippen molar-refractivity contribution >= 4 is 6.09 Å². The van der Waals surface area contributed by atoms with Gasteiger partial charge in [-0.15, -0.1) is 0 Å². The van der Waals surface area contributed by atoms with Crippen molar-refractivity contribution in [1.82, 2.24) is 4.90 Å². The molecule has 1 N–H and O–H groups in total. The molecule has 4 nitrogen and oxygen atoms in total. The maximum Gasteiger partial charge on any atom is 0.412 e. The van der Waals surface area contributed by atoms with E-state index in [1.165, 1.54) is 4.90 Å². The lowest BCUT2D eigenvalue weighted by Gasteiger charge is -2.31. The molecule has 1 aliphatic heterocycles. The van der Waals surface area contributed by atoms with Crippen molar-refractivity contribution in [3.8, 4) is 0 Å². The maximum atomic E-state index is 11.5. The zero-order valence-electron chi connectivity index (χ0n) is 8.86. The third-order valence-electron chi connectivity index (χ3n) is 1.80. The number of aliphatic hydroxyl groups excluding tert-OH is 1. The van der Waals surface area contributed by atoms with E-state index in [4.69, 9.17) is 4.74 Å². The molecule has 0 aromatic rings. The highest BCUT2D eigenvalue weighted by Gasteiger charge is 2.26. The van der Waals surface area contributed by atoms with Crippen LogP contribution in [-0.2, 0) is 4.74 Å². The molecule has 1 amide bonds. The van der Waals surface area contributed by atoms with Crippen LogP contribution in [0.5, 0.6) is 0 Å². The lowest BCUT2D eigenvalue weighted by molar-refractivity contribution is -0.0270. The van der Waals surface area contributed by atoms with Gasteiger partial charge in [-0.2, -0.15) is 0 Å². The minimum absolute atomic E-state index is 0.413. The number of carbonyl (C=O) groups is 1. The van der Waals surface area contributed by atoms with Crippen LogP contribution in [-0.4, -0.2) is 34.5 Å². The average Bonchev–Trinajstić information content (AvgIpc) is 2.01. The molecule has 0 fully saturated rings. The van der Waals surface area contributed by atoms with E-state index in [1.807, 2.05) is 12.2 Å². The van der Waals surface area contributed by atoms with Gasteiger partial charge in [-0.1, -0.05) is 12.2 Å². The molecule has 1 rings (SSSR count). The monoisotopic (exact) mass is 199 g/mol. The summed E-state index contributed by atoms with van der Waals surface area (Å²) in [5.74, 6) is 0. The van der Waals surface area contributed by atoms with E-state index in [0.717, 1.165) is 0 Å². The van der Waals surface area contributed by atoms with Crippen molar-refractivity contribution in [2.75, 3.05) is 6.54 Å². The lowest BCUT2D eigenvalue weighted by Crippen LogP contribution is -2.44. The fraction of sp³-hybridized carbons (Fsp3) is 0.700. The molecule has 0 saturated heterocycles. The predicted molar refractivity (Wildman–Crippen MR) is 52.7 cm³/mol. The normalized spacial score (nSPS) is 22.3. The van der Waals surface area contributed by atoms with Gasteiger partial charge >= 0.3 is 6.09 Å². The van der Waals surface area contributed by atoms with Gasteiger partial charge in [0.15, 0.2) is 0 Å². The van der Waals surface area contributed by atoms with Crippen LogP contribution in [0.2, 0.25) is 0 Å². The van der Waals surface area contributed by atoms with Crippen LogP contribution < -0.4 is 0 Å². The van der Waals surface area contributed by atoms with E-state index in [0.29, 0.717) is 13.0 Å². The Bertz CT molecular complexity index is 242. The third kappa shape index (κ3) is 3.03. The Kier molecular flexibility index (Phi) is 3.16. The van der Waals surface area contributed by atoms with Gasteiger partial charge in [0.25, 0.3) is 0 Å². The highest BCUT2D eigenvalue weighted by atomic mass is 16.6. The number of rotatable bonds is 0. The molecule has 1 aliphatic rings. The molecule has 4 heteroatoms. The minimum atomic E-state index is -0.755. The van der Waals surface area contributed by atoms with Crippen molar-refractivity contribution in [2.45, 2.75) is 39.0 Å². The van der Waals surface area contributed by atoms with E-state index in [2.05, 4.69) is 0 Å². The standard InChI is InChI=1S/C10H17NO3/c1-10(2,3)14-9(13)11-7-5-4-6-8(11)12/h4-5,8,12H,6-7H2,1-3H3. The molecule has 0 saturated carbocycles. The van der Waals surface area contributed by atoms with E-state index in [-0.39, 0.29) is 0 Å². The van der Waals surface area contributed by atoms with Crippen molar-refractivity contribution in [3.63, 3.8) is 0 Å². The van der Waals surface area contributed by atoms with Crippen LogP contribution in [0.1, 0.15) is 27.2 Å². The summed E-state index contributed by atoms with van der Waals surface area (Å²) < 4.78 is 5.14.